The second kappa shape index (κ2) is 2.18. The Labute approximate surface area is 53.5 Å². The number of aromatic nitrogens is 1. The van der Waals surface area contributed by atoms with E-state index in [0.717, 1.165) is 0 Å². The molecule has 0 fully saturated rings. The Morgan fingerprint density at radius 1 is 1.67 bits per heavy atom. The average molecular weight is 147 g/mol. The summed E-state index contributed by atoms with van der Waals surface area (Å²) in [6, 6.07) is 0. The molecule has 4 nitrogen and oxygen atoms in total. The first kappa shape index (κ1) is 6.28. The molecule has 1 aromatic heterocycles. The van der Waals surface area contributed by atoms with Crippen molar-refractivity contribution in [1.82, 2.24) is 4.98 Å². The van der Waals surface area contributed by atoms with Gasteiger partial charge in [-0.05, 0) is 0 Å². The number of rotatable bonds is 1. The van der Waals surface area contributed by atoms with Crippen LogP contribution in [0, 0.1) is 6.92 Å². The van der Waals surface area contributed by atoms with Crippen LogP contribution in [0.4, 0.5) is 0 Å². The minimum atomic E-state index is -2.60. The lowest BCUT2D eigenvalue weighted by Crippen LogP contribution is -1.70. The van der Waals surface area contributed by atoms with Crippen LogP contribution in [0.25, 0.3) is 0 Å². The van der Waals surface area contributed by atoms with Crippen LogP contribution in [0.2, 0.25) is 0 Å². The van der Waals surface area contributed by atoms with E-state index in [1.165, 1.54) is 6.20 Å². The number of aryl methyl sites for hydroxylation is 1. The second-order valence-electron chi connectivity index (χ2n) is 1.47. The highest BCUT2D eigenvalue weighted by atomic mass is 32.2. The Morgan fingerprint density at radius 3 is 2.56 bits per heavy atom. The maximum Gasteiger partial charge on any atom is 0.235 e. The molecule has 0 saturated heterocycles. The third kappa shape index (κ3) is 1.29. The van der Waals surface area contributed by atoms with Crippen molar-refractivity contribution < 1.29 is 12.8 Å². The molecular formula is C4H5NO3S. The molecule has 5 heteroatoms. The van der Waals surface area contributed by atoms with Gasteiger partial charge in [0.2, 0.25) is 15.8 Å². The van der Waals surface area contributed by atoms with E-state index >= 15 is 0 Å². The van der Waals surface area contributed by atoms with E-state index in [4.69, 9.17) is 0 Å². The van der Waals surface area contributed by atoms with Crippen LogP contribution in [0.3, 0.4) is 0 Å². The fourth-order valence-corrected chi connectivity index (χ4v) is 0.793. The van der Waals surface area contributed by atoms with Crippen LogP contribution in [0.5, 0.6) is 0 Å². The molecule has 1 heterocycles. The Balaban J connectivity index is 3.12. The van der Waals surface area contributed by atoms with Crippen LogP contribution in [0.15, 0.2) is 15.7 Å². The molecule has 0 aliphatic rings. The van der Waals surface area contributed by atoms with E-state index in [0.29, 0.717) is 5.89 Å². The predicted octanol–water partition coefficient (Wildman–Crippen LogP) is -0.0467. The standard InChI is InChI=1S/C4H5NO3S/c1-3-5-2-4(8-3)9(6)7/h2,9H,1H3. The molecule has 0 amide bonds. The monoisotopic (exact) mass is 147 g/mol. The number of thiol groups is 1. The van der Waals surface area contributed by atoms with E-state index in [-0.39, 0.29) is 5.09 Å². The smallest absolute Gasteiger partial charge is 0.235 e. The van der Waals surface area contributed by atoms with Crippen LogP contribution in [-0.4, -0.2) is 13.4 Å². The van der Waals surface area contributed by atoms with Gasteiger partial charge in [-0.25, -0.2) is 13.4 Å². The lowest BCUT2D eigenvalue weighted by atomic mass is 10.8. The van der Waals surface area contributed by atoms with Crippen molar-refractivity contribution in [3.63, 3.8) is 0 Å². The largest absolute Gasteiger partial charge is 0.430 e. The van der Waals surface area contributed by atoms with Gasteiger partial charge in [-0.1, -0.05) is 0 Å². The molecule has 0 unspecified atom stereocenters. The van der Waals surface area contributed by atoms with Gasteiger partial charge >= 0.3 is 0 Å². The van der Waals surface area contributed by atoms with E-state index in [1.807, 2.05) is 0 Å². The van der Waals surface area contributed by atoms with Crippen molar-refractivity contribution in [2.24, 2.45) is 0 Å². The quantitative estimate of drug-likeness (QED) is 0.566. The molecule has 0 aliphatic carbocycles. The van der Waals surface area contributed by atoms with E-state index in [9.17, 15) is 8.42 Å². The van der Waals surface area contributed by atoms with E-state index in [1.54, 1.807) is 6.92 Å². The number of nitrogens with zero attached hydrogens (tertiary/aromatic N) is 1. The Bertz CT molecular complexity index is 267. The Kier molecular flexibility index (Phi) is 1.52. The lowest BCUT2D eigenvalue weighted by molar-refractivity contribution is 0.428. The molecule has 0 spiro atoms. The highest BCUT2D eigenvalue weighted by Crippen LogP contribution is 2.01. The Morgan fingerprint density at radius 2 is 2.33 bits per heavy atom. The predicted molar refractivity (Wildman–Crippen MR) is 29.8 cm³/mol. The van der Waals surface area contributed by atoms with Gasteiger partial charge in [0, 0.05) is 6.92 Å². The first-order chi connectivity index (χ1) is 4.20. The average Bonchev–Trinajstić information content (AvgIpc) is 2.14. The van der Waals surface area contributed by atoms with Gasteiger partial charge in [0.1, 0.15) is 0 Å². The maximum atomic E-state index is 10.1. The van der Waals surface area contributed by atoms with Gasteiger partial charge in [0.05, 0.1) is 6.20 Å². The summed E-state index contributed by atoms with van der Waals surface area (Å²) < 4.78 is 24.9. The Hall–Kier alpha value is -0.840. The summed E-state index contributed by atoms with van der Waals surface area (Å²) in [6.07, 6.45) is 1.18. The van der Waals surface area contributed by atoms with Crippen molar-refractivity contribution in [2.45, 2.75) is 12.0 Å². The zero-order chi connectivity index (χ0) is 6.85. The molecule has 0 aliphatic heterocycles. The van der Waals surface area contributed by atoms with Gasteiger partial charge in [-0.15, -0.1) is 0 Å². The van der Waals surface area contributed by atoms with Crippen molar-refractivity contribution in [3.8, 4) is 0 Å². The molecule has 0 saturated carbocycles. The van der Waals surface area contributed by atoms with Crippen molar-refractivity contribution in [1.29, 1.82) is 0 Å². The third-order valence-corrected chi connectivity index (χ3v) is 1.36. The first-order valence-corrected chi connectivity index (χ1v) is 3.44. The number of hydrogen-bond acceptors (Lipinski definition) is 4. The SMILES string of the molecule is Cc1ncc([SH](=O)=O)o1. The fraction of sp³-hybridized carbons (Fsp3) is 0.250. The minimum absolute atomic E-state index is 0.0810. The lowest BCUT2D eigenvalue weighted by Gasteiger charge is -1.74. The number of hydrogen-bond donors (Lipinski definition) is 1. The highest BCUT2D eigenvalue weighted by Gasteiger charge is 1.98. The summed E-state index contributed by atoms with van der Waals surface area (Å²) in [6.45, 7) is 1.59. The van der Waals surface area contributed by atoms with Crippen molar-refractivity contribution in [2.75, 3.05) is 0 Å². The van der Waals surface area contributed by atoms with Crippen molar-refractivity contribution >= 4 is 10.7 Å². The summed E-state index contributed by atoms with van der Waals surface area (Å²) in [7, 11) is -2.60. The molecule has 1 aromatic rings. The van der Waals surface area contributed by atoms with Gasteiger partial charge in [0.25, 0.3) is 0 Å². The molecule has 9 heavy (non-hydrogen) atoms. The molecule has 0 aromatic carbocycles. The summed E-state index contributed by atoms with van der Waals surface area (Å²) in [5.74, 6) is 0.365. The van der Waals surface area contributed by atoms with E-state index in [2.05, 4.69) is 9.40 Å². The van der Waals surface area contributed by atoms with Gasteiger partial charge in [-0.2, -0.15) is 0 Å². The third-order valence-electron chi connectivity index (χ3n) is 0.789. The van der Waals surface area contributed by atoms with Crippen LogP contribution in [-0.2, 0) is 10.7 Å². The van der Waals surface area contributed by atoms with Crippen LogP contribution < -0.4 is 0 Å². The van der Waals surface area contributed by atoms with Crippen LogP contribution >= 0.6 is 0 Å². The zero-order valence-electron chi connectivity index (χ0n) is 4.70. The van der Waals surface area contributed by atoms with Gasteiger partial charge in [0.15, 0.2) is 5.89 Å². The first-order valence-electron chi connectivity index (χ1n) is 2.27. The summed E-state index contributed by atoms with van der Waals surface area (Å²) >= 11 is 0. The fourth-order valence-electron chi connectivity index (χ4n) is 0.435. The van der Waals surface area contributed by atoms with Crippen molar-refractivity contribution in [3.05, 3.63) is 12.1 Å². The molecule has 0 radical (unpaired) electrons. The van der Waals surface area contributed by atoms with E-state index < -0.39 is 10.7 Å². The topological polar surface area (TPSA) is 60.2 Å². The normalized spacial score (nSPS) is 10.4. The summed E-state index contributed by atoms with van der Waals surface area (Å²) in [5.41, 5.74) is 0. The minimum Gasteiger partial charge on any atom is -0.430 e. The van der Waals surface area contributed by atoms with Gasteiger partial charge in [-0.3, -0.25) is 0 Å². The molecule has 50 valence electrons. The second-order valence-corrected chi connectivity index (χ2v) is 2.43. The molecule has 0 bridgehead atoms. The van der Waals surface area contributed by atoms with Gasteiger partial charge < -0.3 is 4.42 Å². The zero-order valence-corrected chi connectivity index (χ0v) is 5.59. The highest BCUT2D eigenvalue weighted by molar-refractivity contribution is 7.72. The maximum absolute atomic E-state index is 10.1. The number of oxazole rings is 1. The summed E-state index contributed by atoms with van der Waals surface area (Å²) in [4.78, 5) is 3.59. The summed E-state index contributed by atoms with van der Waals surface area (Å²) in [5, 5.41) is -0.0810. The molecule has 0 N–H and O–H groups in total. The van der Waals surface area contributed by atoms with Crippen LogP contribution in [0.1, 0.15) is 5.89 Å². The molecule has 0 atom stereocenters. The molecule has 1 rings (SSSR count). The molecular weight excluding hydrogens is 142 g/mol.